The lowest BCUT2D eigenvalue weighted by Gasteiger charge is -2.20. The summed E-state index contributed by atoms with van der Waals surface area (Å²) < 4.78 is 5.82. The van der Waals surface area contributed by atoms with E-state index in [1.54, 1.807) is 0 Å². The number of rotatable bonds is 6. The van der Waals surface area contributed by atoms with Crippen molar-refractivity contribution in [1.82, 2.24) is 0 Å². The van der Waals surface area contributed by atoms with Gasteiger partial charge in [-0.1, -0.05) is 74.5 Å². The normalized spacial score (nSPS) is 13.9. The molecule has 0 fully saturated rings. The minimum atomic E-state index is 0.0328. The molecule has 3 aromatic carbocycles. The van der Waals surface area contributed by atoms with Crippen molar-refractivity contribution >= 4 is 0 Å². The van der Waals surface area contributed by atoms with E-state index in [2.05, 4.69) is 80.6 Å². The molecule has 27 heavy (non-hydrogen) atoms. The van der Waals surface area contributed by atoms with E-state index in [0.29, 0.717) is 12.5 Å². The van der Waals surface area contributed by atoms with Crippen LogP contribution in [-0.4, -0.2) is 18.3 Å². The first kappa shape index (κ1) is 17.8. The molecule has 2 heteroatoms. The number of benzene rings is 3. The van der Waals surface area contributed by atoms with Crippen molar-refractivity contribution in [2.75, 3.05) is 13.2 Å². The van der Waals surface area contributed by atoms with Gasteiger partial charge < -0.3 is 9.84 Å². The first-order valence-corrected chi connectivity index (χ1v) is 9.80. The second kappa shape index (κ2) is 7.58. The Balaban J connectivity index is 1.84. The van der Waals surface area contributed by atoms with Crippen LogP contribution in [0.15, 0.2) is 66.7 Å². The molecule has 138 valence electrons. The molecule has 4 rings (SSSR count). The van der Waals surface area contributed by atoms with Crippen molar-refractivity contribution < 1.29 is 9.84 Å². The molecular formula is C25H26O2. The topological polar surface area (TPSA) is 29.5 Å². The van der Waals surface area contributed by atoms with Gasteiger partial charge in [-0.05, 0) is 51.8 Å². The fourth-order valence-corrected chi connectivity index (χ4v) is 4.15. The fraction of sp³-hybridized carbons (Fsp3) is 0.280. The van der Waals surface area contributed by atoms with E-state index in [0.717, 1.165) is 12.2 Å². The lowest BCUT2D eigenvalue weighted by molar-refractivity contribution is 0.199. The molecule has 0 aliphatic heterocycles. The van der Waals surface area contributed by atoms with Crippen molar-refractivity contribution in [1.29, 1.82) is 0 Å². The summed E-state index contributed by atoms with van der Waals surface area (Å²) in [5.74, 6) is 1.55. The minimum absolute atomic E-state index is 0.0328. The molecular weight excluding hydrogens is 332 g/mol. The summed E-state index contributed by atoms with van der Waals surface area (Å²) in [5, 5.41) is 9.13. The highest BCUT2D eigenvalue weighted by Crippen LogP contribution is 2.48. The Bertz CT molecular complexity index is 899. The van der Waals surface area contributed by atoms with Crippen molar-refractivity contribution in [2.45, 2.75) is 32.1 Å². The largest absolute Gasteiger partial charge is 0.491 e. The predicted molar refractivity (Wildman–Crippen MR) is 111 cm³/mol. The zero-order chi connectivity index (χ0) is 18.8. The molecule has 1 unspecified atom stereocenters. The van der Waals surface area contributed by atoms with Crippen LogP contribution in [0.2, 0.25) is 0 Å². The van der Waals surface area contributed by atoms with Gasteiger partial charge in [-0.15, -0.1) is 0 Å². The molecule has 0 bridgehead atoms. The third-order valence-corrected chi connectivity index (χ3v) is 5.69. The first-order chi connectivity index (χ1) is 13.2. The molecule has 0 aromatic heterocycles. The zero-order valence-electron chi connectivity index (χ0n) is 16.0. The molecule has 1 aliphatic carbocycles. The second-order valence-electron chi connectivity index (χ2n) is 7.29. The van der Waals surface area contributed by atoms with E-state index in [1.165, 1.54) is 33.4 Å². The van der Waals surface area contributed by atoms with Crippen LogP contribution in [-0.2, 0) is 0 Å². The zero-order valence-corrected chi connectivity index (χ0v) is 16.0. The van der Waals surface area contributed by atoms with Crippen molar-refractivity contribution in [3.63, 3.8) is 0 Å². The van der Waals surface area contributed by atoms with Crippen LogP contribution in [0, 0.1) is 0 Å². The molecule has 0 saturated carbocycles. The summed E-state index contributed by atoms with van der Waals surface area (Å²) in [5.41, 5.74) is 7.95. The van der Waals surface area contributed by atoms with Crippen molar-refractivity contribution in [2.24, 2.45) is 0 Å². The van der Waals surface area contributed by atoms with Crippen LogP contribution in [0.25, 0.3) is 11.1 Å². The number of aliphatic hydroxyl groups is 1. The van der Waals surface area contributed by atoms with E-state index >= 15 is 0 Å². The van der Waals surface area contributed by atoms with Gasteiger partial charge in [0.1, 0.15) is 12.4 Å². The van der Waals surface area contributed by atoms with Gasteiger partial charge in [0.2, 0.25) is 0 Å². The fourth-order valence-electron chi connectivity index (χ4n) is 4.15. The van der Waals surface area contributed by atoms with E-state index in [1.807, 2.05) is 0 Å². The smallest absolute Gasteiger partial charge is 0.122 e. The molecule has 3 aromatic rings. The minimum Gasteiger partial charge on any atom is -0.491 e. The van der Waals surface area contributed by atoms with Crippen LogP contribution in [0.1, 0.15) is 54.4 Å². The molecule has 1 aliphatic rings. The Morgan fingerprint density at radius 1 is 0.926 bits per heavy atom. The molecule has 0 saturated heterocycles. The van der Waals surface area contributed by atoms with Gasteiger partial charge in [0.15, 0.2) is 0 Å². The monoisotopic (exact) mass is 358 g/mol. The summed E-state index contributed by atoms with van der Waals surface area (Å²) >= 11 is 0. The Labute approximate surface area is 161 Å². The number of ether oxygens (including phenoxy) is 1. The molecule has 2 nitrogen and oxygen atoms in total. The predicted octanol–water partition coefficient (Wildman–Crippen LogP) is 5.73. The first-order valence-electron chi connectivity index (χ1n) is 9.80. The van der Waals surface area contributed by atoms with E-state index in [9.17, 15) is 0 Å². The van der Waals surface area contributed by atoms with Crippen LogP contribution in [0.4, 0.5) is 0 Å². The van der Waals surface area contributed by atoms with Crippen molar-refractivity contribution in [3.8, 4) is 16.9 Å². The summed E-state index contributed by atoms with van der Waals surface area (Å²) in [6.07, 6.45) is 1.05. The van der Waals surface area contributed by atoms with Crippen LogP contribution in [0.3, 0.4) is 0 Å². The van der Waals surface area contributed by atoms with Gasteiger partial charge in [0.25, 0.3) is 0 Å². The van der Waals surface area contributed by atoms with Gasteiger partial charge >= 0.3 is 0 Å². The standard InChI is InChI=1S/C25H26O2/c1-3-17(2)23-16-18(12-13-24(23)27-15-14-26)25-21-10-6-4-8-19(21)20-9-5-7-11-22(20)25/h4-13,16-17,25-26H,3,14-15H2,1-2H3. The van der Waals surface area contributed by atoms with Gasteiger partial charge in [-0.3, -0.25) is 0 Å². The third kappa shape index (κ3) is 3.15. The van der Waals surface area contributed by atoms with Gasteiger partial charge in [0.05, 0.1) is 6.61 Å². The van der Waals surface area contributed by atoms with E-state index < -0.39 is 0 Å². The van der Waals surface area contributed by atoms with Crippen LogP contribution >= 0.6 is 0 Å². The molecule has 0 heterocycles. The highest BCUT2D eigenvalue weighted by atomic mass is 16.5. The number of aliphatic hydroxyl groups excluding tert-OH is 1. The number of hydrogen-bond acceptors (Lipinski definition) is 2. The average Bonchev–Trinajstić information content (AvgIpc) is 3.06. The lowest BCUT2D eigenvalue weighted by Crippen LogP contribution is -2.07. The highest BCUT2D eigenvalue weighted by molar-refractivity contribution is 5.80. The molecule has 0 amide bonds. The van der Waals surface area contributed by atoms with Crippen LogP contribution < -0.4 is 4.74 Å². The second-order valence-corrected chi connectivity index (χ2v) is 7.29. The SMILES string of the molecule is CCC(C)c1cc(C2c3ccccc3-c3ccccc32)ccc1OCCO. The Morgan fingerprint density at radius 2 is 1.56 bits per heavy atom. The van der Waals surface area contributed by atoms with E-state index in [-0.39, 0.29) is 12.5 Å². The molecule has 1 atom stereocenters. The maximum absolute atomic E-state index is 9.13. The Kier molecular flexibility index (Phi) is 5.00. The average molecular weight is 358 g/mol. The van der Waals surface area contributed by atoms with Gasteiger partial charge in [-0.25, -0.2) is 0 Å². The third-order valence-electron chi connectivity index (χ3n) is 5.69. The summed E-state index contributed by atoms with van der Waals surface area (Å²) in [7, 11) is 0. The Hall–Kier alpha value is -2.58. The quantitative estimate of drug-likeness (QED) is 0.477. The summed E-state index contributed by atoms with van der Waals surface area (Å²) in [6.45, 7) is 4.80. The van der Waals surface area contributed by atoms with Gasteiger partial charge in [-0.2, -0.15) is 0 Å². The van der Waals surface area contributed by atoms with E-state index in [4.69, 9.17) is 9.84 Å². The maximum atomic E-state index is 9.13. The maximum Gasteiger partial charge on any atom is 0.122 e. The summed E-state index contributed by atoms with van der Waals surface area (Å²) in [6, 6.07) is 24.0. The highest BCUT2D eigenvalue weighted by Gasteiger charge is 2.29. The van der Waals surface area contributed by atoms with Crippen LogP contribution in [0.5, 0.6) is 5.75 Å². The van der Waals surface area contributed by atoms with Gasteiger partial charge in [0, 0.05) is 5.92 Å². The Morgan fingerprint density at radius 3 is 2.15 bits per heavy atom. The molecule has 1 N–H and O–H groups in total. The lowest BCUT2D eigenvalue weighted by atomic mass is 9.86. The molecule has 0 spiro atoms. The molecule has 0 radical (unpaired) electrons. The van der Waals surface area contributed by atoms with Crippen molar-refractivity contribution in [3.05, 3.63) is 89.0 Å². The number of hydrogen-bond donors (Lipinski definition) is 1. The summed E-state index contributed by atoms with van der Waals surface area (Å²) in [4.78, 5) is 0. The number of fused-ring (bicyclic) bond motifs is 3.